The molecule has 0 spiro atoms. The first-order valence-electron chi connectivity index (χ1n) is 4.87. The minimum absolute atomic E-state index is 0.156. The number of alkyl halides is 3. The Morgan fingerprint density at radius 2 is 1.93 bits per heavy atom. The van der Waals surface area contributed by atoms with Crippen molar-refractivity contribution in [3.8, 4) is 0 Å². The van der Waals surface area contributed by atoms with Crippen molar-refractivity contribution in [2.45, 2.75) is 38.4 Å². The third-order valence-corrected chi connectivity index (χ3v) is 2.22. The number of halogens is 3. The highest BCUT2D eigenvalue weighted by molar-refractivity contribution is 4.71. The maximum atomic E-state index is 12.0. The Labute approximate surface area is 83.3 Å². The molecule has 1 unspecified atom stereocenters. The second-order valence-electron chi connectivity index (χ2n) is 3.56. The van der Waals surface area contributed by atoms with Crippen LogP contribution in [0.15, 0.2) is 0 Å². The summed E-state index contributed by atoms with van der Waals surface area (Å²) in [5.74, 6) is 0. The Bertz CT molecular complexity index is 147. The number of rotatable bonds is 6. The van der Waals surface area contributed by atoms with E-state index < -0.39 is 12.7 Å². The average molecular weight is 212 g/mol. The van der Waals surface area contributed by atoms with Gasteiger partial charge in [-0.2, -0.15) is 13.2 Å². The summed E-state index contributed by atoms with van der Waals surface area (Å²) in [6, 6.07) is -0.156. The molecule has 0 radical (unpaired) electrons. The van der Waals surface area contributed by atoms with Crippen LogP contribution in [-0.2, 0) is 0 Å². The molecule has 14 heavy (non-hydrogen) atoms. The third-order valence-electron chi connectivity index (χ3n) is 2.22. The smallest absolute Gasteiger partial charge is 0.329 e. The molecule has 0 fully saturated rings. The lowest BCUT2D eigenvalue weighted by atomic mass is 10.1. The van der Waals surface area contributed by atoms with Crippen molar-refractivity contribution in [1.29, 1.82) is 0 Å². The van der Waals surface area contributed by atoms with Gasteiger partial charge in [0.25, 0.3) is 0 Å². The van der Waals surface area contributed by atoms with Gasteiger partial charge in [0.1, 0.15) is 0 Å². The summed E-state index contributed by atoms with van der Waals surface area (Å²) in [5, 5.41) is 0. The molecule has 2 N–H and O–H groups in total. The zero-order chi connectivity index (χ0) is 11.2. The quantitative estimate of drug-likeness (QED) is 0.729. The molecule has 0 aliphatic carbocycles. The second kappa shape index (κ2) is 6.24. The van der Waals surface area contributed by atoms with Gasteiger partial charge in [0, 0.05) is 12.6 Å². The van der Waals surface area contributed by atoms with Crippen LogP contribution in [0.2, 0.25) is 0 Å². The van der Waals surface area contributed by atoms with Gasteiger partial charge in [0.05, 0.1) is 6.54 Å². The van der Waals surface area contributed by atoms with Crippen molar-refractivity contribution in [2.24, 2.45) is 5.73 Å². The zero-order valence-electron chi connectivity index (χ0n) is 8.77. The Balaban J connectivity index is 3.97. The highest BCUT2D eigenvalue weighted by atomic mass is 19.4. The number of likely N-dealkylation sites (N-methyl/N-ethyl adjacent to an activating group) is 1. The molecular weight excluding hydrogens is 193 g/mol. The van der Waals surface area contributed by atoms with Crippen LogP contribution in [0.3, 0.4) is 0 Å². The van der Waals surface area contributed by atoms with E-state index in [0.29, 0.717) is 0 Å². The summed E-state index contributed by atoms with van der Waals surface area (Å²) in [6.07, 6.45) is -1.49. The van der Waals surface area contributed by atoms with Gasteiger partial charge in [-0.15, -0.1) is 0 Å². The molecule has 0 amide bonds. The van der Waals surface area contributed by atoms with Gasteiger partial charge in [0.15, 0.2) is 0 Å². The predicted octanol–water partition coefficient (Wildman–Crippen LogP) is 2.00. The number of hydrogen-bond donors (Lipinski definition) is 1. The van der Waals surface area contributed by atoms with Crippen LogP contribution in [0.5, 0.6) is 0 Å². The van der Waals surface area contributed by atoms with Crippen LogP contribution < -0.4 is 5.73 Å². The van der Waals surface area contributed by atoms with E-state index >= 15 is 0 Å². The first-order chi connectivity index (χ1) is 6.40. The molecule has 0 aromatic rings. The topological polar surface area (TPSA) is 29.3 Å². The number of nitrogens with two attached hydrogens (primary N) is 1. The maximum Gasteiger partial charge on any atom is 0.401 e. The van der Waals surface area contributed by atoms with Crippen LogP contribution in [0.25, 0.3) is 0 Å². The lowest BCUT2D eigenvalue weighted by Gasteiger charge is -2.27. The van der Waals surface area contributed by atoms with Crippen molar-refractivity contribution in [3.05, 3.63) is 0 Å². The Hall–Kier alpha value is -0.290. The molecule has 0 aliphatic heterocycles. The number of hydrogen-bond acceptors (Lipinski definition) is 2. The van der Waals surface area contributed by atoms with Gasteiger partial charge in [0.2, 0.25) is 0 Å². The van der Waals surface area contributed by atoms with Crippen LogP contribution in [0.1, 0.15) is 26.2 Å². The lowest BCUT2D eigenvalue weighted by molar-refractivity contribution is -0.147. The van der Waals surface area contributed by atoms with Crippen molar-refractivity contribution in [2.75, 3.05) is 20.1 Å². The van der Waals surface area contributed by atoms with Gasteiger partial charge in [-0.05, 0) is 13.5 Å². The Kier molecular flexibility index (Phi) is 6.11. The van der Waals surface area contributed by atoms with Crippen molar-refractivity contribution in [1.82, 2.24) is 4.90 Å². The average Bonchev–Trinajstić information content (AvgIpc) is 2.02. The van der Waals surface area contributed by atoms with E-state index in [4.69, 9.17) is 5.73 Å². The maximum absolute atomic E-state index is 12.0. The standard InChI is InChI=1S/C9H19F3N2/c1-3-4-5-8(6-13)14(2)7-9(10,11)12/h8H,3-7,13H2,1-2H3. The summed E-state index contributed by atoms with van der Waals surface area (Å²) >= 11 is 0. The van der Waals surface area contributed by atoms with E-state index in [1.807, 2.05) is 6.92 Å². The molecule has 0 bridgehead atoms. The fraction of sp³-hybridized carbons (Fsp3) is 1.00. The van der Waals surface area contributed by atoms with Gasteiger partial charge in [-0.1, -0.05) is 19.8 Å². The normalized spacial score (nSPS) is 14.8. The highest BCUT2D eigenvalue weighted by Crippen LogP contribution is 2.18. The van der Waals surface area contributed by atoms with E-state index in [-0.39, 0.29) is 12.6 Å². The van der Waals surface area contributed by atoms with E-state index in [1.165, 1.54) is 11.9 Å². The molecule has 0 aromatic carbocycles. The summed E-state index contributed by atoms with van der Waals surface area (Å²) in [6.45, 7) is 1.42. The van der Waals surface area contributed by atoms with E-state index in [2.05, 4.69) is 0 Å². The minimum Gasteiger partial charge on any atom is -0.329 e. The van der Waals surface area contributed by atoms with E-state index in [0.717, 1.165) is 19.3 Å². The lowest BCUT2D eigenvalue weighted by Crippen LogP contribution is -2.42. The summed E-state index contributed by atoms with van der Waals surface area (Å²) in [4.78, 5) is 1.29. The molecule has 5 heteroatoms. The van der Waals surface area contributed by atoms with Crippen molar-refractivity contribution >= 4 is 0 Å². The first-order valence-corrected chi connectivity index (χ1v) is 4.87. The fourth-order valence-electron chi connectivity index (χ4n) is 1.37. The summed E-state index contributed by atoms with van der Waals surface area (Å²) in [7, 11) is 1.47. The summed E-state index contributed by atoms with van der Waals surface area (Å²) < 4.78 is 36.1. The third kappa shape index (κ3) is 6.21. The molecule has 0 heterocycles. The fourth-order valence-corrected chi connectivity index (χ4v) is 1.37. The molecule has 0 saturated heterocycles. The summed E-state index contributed by atoms with van der Waals surface area (Å²) in [5.41, 5.74) is 5.42. The Morgan fingerprint density at radius 3 is 2.29 bits per heavy atom. The van der Waals surface area contributed by atoms with Crippen LogP contribution in [0.4, 0.5) is 13.2 Å². The highest BCUT2D eigenvalue weighted by Gasteiger charge is 2.31. The largest absolute Gasteiger partial charge is 0.401 e. The zero-order valence-corrected chi connectivity index (χ0v) is 8.77. The van der Waals surface area contributed by atoms with Crippen molar-refractivity contribution < 1.29 is 13.2 Å². The molecule has 0 rings (SSSR count). The van der Waals surface area contributed by atoms with E-state index in [1.54, 1.807) is 0 Å². The molecule has 0 saturated carbocycles. The van der Waals surface area contributed by atoms with Crippen LogP contribution in [-0.4, -0.2) is 37.3 Å². The SMILES string of the molecule is CCCCC(CN)N(C)CC(F)(F)F. The van der Waals surface area contributed by atoms with Crippen molar-refractivity contribution in [3.63, 3.8) is 0 Å². The number of unbranched alkanes of at least 4 members (excludes halogenated alkanes) is 1. The molecular formula is C9H19F3N2. The second-order valence-corrected chi connectivity index (χ2v) is 3.56. The molecule has 2 nitrogen and oxygen atoms in total. The molecule has 0 aliphatic rings. The Morgan fingerprint density at radius 1 is 1.36 bits per heavy atom. The molecule has 0 aromatic heterocycles. The van der Waals surface area contributed by atoms with Gasteiger partial charge < -0.3 is 5.73 Å². The van der Waals surface area contributed by atoms with E-state index in [9.17, 15) is 13.2 Å². The minimum atomic E-state index is -4.13. The molecule has 86 valence electrons. The predicted molar refractivity (Wildman–Crippen MR) is 51.1 cm³/mol. The van der Waals surface area contributed by atoms with Crippen LogP contribution >= 0.6 is 0 Å². The monoisotopic (exact) mass is 212 g/mol. The first kappa shape index (κ1) is 13.7. The van der Waals surface area contributed by atoms with Gasteiger partial charge in [-0.3, -0.25) is 4.90 Å². The van der Waals surface area contributed by atoms with Gasteiger partial charge >= 0.3 is 6.18 Å². The van der Waals surface area contributed by atoms with Crippen LogP contribution in [0, 0.1) is 0 Å². The molecule has 1 atom stereocenters. The number of nitrogens with zero attached hydrogens (tertiary/aromatic N) is 1. The van der Waals surface area contributed by atoms with Gasteiger partial charge in [-0.25, -0.2) is 0 Å².